The second-order valence-electron chi connectivity index (χ2n) is 9.47. The molecule has 9 heteroatoms. The second kappa shape index (κ2) is 13.8. The van der Waals surface area contributed by atoms with Crippen LogP contribution in [0.1, 0.15) is 39.7 Å². The fourth-order valence-corrected chi connectivity index (χ4v) is 8.13. The lowest BCUT2D eigenvalue weighted by Gasteiger charge is -2.45. The third-order valence-corrected chi connectivity index (χ3v) is 10.3. The minimum absolute atomic E-state index is 0.128. The van der Waals surface area contributed by atoms with Gasteiger partial charge in [-0.25, -0.2) is 8.42 Å². The van der Waals surface area contributed by atoms with Gasteiger partial charge in [-0.2, -0.15) is 4.31 Å². The average molecular weight is 550 g/mol. The molecule has 2 aromatic rings. The zero-order valence-corrected chi connectivity index (χ0v) is 23.9. The first kappa shape index (κ1) is 29.8. The molecule has 1 saturated heterocycles. The molecule has 0 amide bonds. The van der Waals surface area contributed by atoms with Gasteiger partial charge in [-0.05, 0) is 49.8 Å². The maximum atomic E-state index is 13.8. The highest BCUT2D eigenvalue weighted by molar-refractivity contribution is 7.89. The first-order valence-electron chi connectivity index (χ1n) is 13.0. The van der Waals surface area contributed by atoms with Crippen LogP contribution in [0, 0.1) is 11.8 Å². The molecule has 3 rings (SSSR count). The molecule has 0 N–H and O–H groups in total. The SMILES string of the molecule is CCOP(=O)(C/C=C/[C@H](C)[C@H]1[C@H](OCc2ccccc2)C[C@H](C)CN1S(=O)(=O)c1ccccc1)OCC. The lowest BCUT2D eigenvalue weighted by molar-refractivity contribution is -0.0510. The van der Waals surface area contributed by atoms with E-state index in [9.17, 15) is 13.0 Å². The van der Waals surface area contributed by atoms with Crippen molar-refractivity contribution in [3.8, 4) is 0 Å². The summed E-state index contributed by atoms with van der Waals surface area (Å²) in [5.74, 6) is -0.0775. The molecule has 204 valence electrons. The van der Waals surface area contributed by atoms with Gasteiger partial charge in [0.25, 0.3) is 0 Å². The van der Waals surface area contributed by atoms with E-state index in [1.807, 2.05) is 49.4 Å². The minimum Gasteiger partial charge on any atom is -0.372 e. The van der Waals surface area contributed by atoms with Gasteiger partial charge in [0.2, 0.25) is 10.0 Å². The maximum absolute atomic E-state index is 13.8. The van der Waals surface area contributed by atoms with Crippen molar-refractivity contribution in [2.75, 3.05) is 25.9 Å². The number of rotatable bonds is 13. The van der Waals surface area contributed by atoms with Crippen LogP contribution < -0.4 is 0 Å². The van der Waals surface area contributed by atoms with E-state index in [1.165, 1.54) is 0 Å². The van der Waals surface area contributed by atoms with E-state index in [4.69, 9.17) is 13.8 Å². The number of ether oxygens (including phenoxy) is 1. The molecule has 1 heterocycles. The summed E-state index contributed by atoms with van der Waals surface area (Å²) < 4.78 is 59.4. The molecule has 0 spiro atoms. The van der Waals surface area contributed by atoms with Crippen LogP contribution in [0.2, 0.25) is 0 Å². The highest BCUT2D eigenvalue weighted by Crippen LogP contribution is 2.48. The van der Waals surface area contributed by atoms with E-state index in [0.717, 1.165) is 12.0 Å². The Labute approximate surface area is 222 Å². The van der Waals surface area contributed by atoms with Gasteiger partial charge in [0.05, 0.1) is 43.0 Å². The molecular weight excluding hydrogens is 509 g/mol. The summed E-state index contributed by atoms with van der Waals surface area (Å²) in [6.45, 7) is 8.99. The largest absolute Gasteiger partial charge is 0.372 e. The summed E-state index contributed by atoms with van der Waals surface area (Å²) in [5.41, 5.74) is 1.04. The van der Waals surface area contributed by atoms with Crippen molar-refractivity contribution in [2.24, 2.45) is 11.8 Å². The Balaban J connectivity index is 1.91. The number of nitrogens with zero attached hydrogens (tertiary/aromatic N) is 1. The fourth-order valence-electron chi connectivity index (χ4n) is 4.81. The van der Waals surface area contributed by atoms with E-state index >= 15 is 0 Å². The number of hydrogen-bond acceptors (Lipinski definition) is 6. The Kier molecular flexibility index (Phi) is 11.1. The molecule has 0 unspecified atom stereocenters. The van der Waals surface area contributed by atoms with E-state index in [2.05, 4.69) is 6.92 Å². The summed E-state index contributed by atoms with van der Waals surface area (Å²) in [6, 6.07) is 18.0. The van der Waals surface area contributed by atoms with E-state index < -0.39 is 23.7 Å². The normalized spacial score (nSPS) is 22.3. The van der Waals surface area contributed by atoms with Gasteiger partial charge in [0.15, 0.2) is 0 Å². The summed E-state index contributed by atoms with van der Waals surface area (Å²) in [4.78, 5) is 0.268. The number of allylic oxidation sites excluding steroid dienone is 1. The van der Waals surface area contributed by atoms with Crippen molar-refractivity contribution in [3.63, 3.8) is 0 Å². The van der Waals surface area contributed by atoms with Crippen LogP contribution in [0.4, 0.5) is 0 Å². The van der Waals surface area contributed by atoms with E-state index in [1.54, 1.807) is 48.5 Å². The fraction of sp³-hybridized carbons (Fsp3) is 0.500. The Bertz CT molecular complexity index is 1130. The van der Waals surface area contributed by atoms with Crippen LogP contribution >= 0.6 is 7.60 Å². The van der Waals surface area contributed by atoms with Crippen molar-refractivity contribution in [1.29, 1.82) is 0 Å². The Morgan fingerprint density at radius 2 is 1.62 bits per heavy atom. The molecule has 1 fully saturated rings. The highest BCUT2D eigenvalue weighted by Gasteiger charge is 2.44. The Hall–Kier alpha value is -1.80. The highest BCUT2D eigenvalue weighted by atomic mass is 32.2. The third kappa shape index (κ3) is 8.09. The molecule has 1 aliphatic heterocycles. The molecule has 4 atom stereocenters. The number of piperidine rings is 1. The molecule has 0 saturated carbocycles. The van der Waals surface area contributed by atoms with E-state index in [-0.39, 0.29) is 29.0 Å². The van der Waals surface area contributed by atoms with Gasteiger partial charge in [0, 0.05) is 6.54 Å². The van der Waals surface area contributed by atoms with Crippen LogP contribution in [0.15, 0.2) is 77.7 Å². The molecule has 1 aliphatic rings. The van der Waals surface area contributed by atoms with Gasteiger partial charge in [-0.3, -0.25) is 4.57 Å². The average Bonchev–Trinajstić information content (AvgIpc) is 2.88. The van der Waals surface area contributed by atoms with Crippen molar-refractivity contribution in [2.45, 2.75) is 57.8 Å². The Morgan fingerprint density at radius 3 is 2.22 bits per heavy atom. The van der Waals surface area contributed by atoms with Gasteiger partial charge >= 0.3 is 7.60 Å². The van der Waals surface area contributed by atoms with Gasteiger partial charge in [-0.1, -0.05) is 74.5 Å². The summed E-state index contributed by atoms with van der Waals surface area (Å²) in [5, 5.41) is 0. The predicted molar refractivity (Wildman–Crippen MR) is 147 cm³/mol. The summed E-state index contributed by atoms with van der Waals surface area (Å²) in [6.07, 6.45) is 4.26. The second-order valence-corrected chi connectivity index (χ2v) is 13.5. The smallest absolute Gasteiger partial charge is 0.334 e. The molecule has 7 nitrogen and oxygen atoms in total. The first-order valence-corrected chi connectivity index (χ1v) is 16.1. The third-order valence-electron chi connectivity index (χ3n) is 6.46. The monoisotopic (exact) mass is 549 g/mol. The topological polar surface area (TPSA) is 82.1 Å². The molecular formula is C28H40NO6PS. The Morgan fingerprint density at radius 1 is 1.03 bits per heavy atom. The van der Waals surface area contributed by atoms with Crippen molar-refractivity contribution in [3.05, 3.63) is 78.4 Å². The molecule has 0 aliphatic carbocycles. The predicted octanol–water partition coefficient (Wildman–Crippen LogP) is 6.13. The zero-order valence-electron chi connectivity index (χ0n) is 22.2. The standard InChI is InChI=1S/C28H40NO6PS/c1-5-34-36(30,35-6-2)19-13-14-24(4)28-27(33-22-25-15-9-7-10-16-25)20-23(3)21-29(28)37(31,32)26-17-11-8-12-18-26/h7-18,23-24,27-28H,5-6,19-22H2,1-4H3/b14-13+/t23-,24-,27+,28-/m0/s1. The number of sulfonamides is 1. The molecule has 0 bridgehead atoms. The lowest BCUT2D eigenvalue weighted by atomic mass is 9.86. The quantitative estimate of drug-likeness (QED) is 0.221. The van der Waals surface area contributed by atoms with Crippen LogP contribution in [0.5, 0.6) is 0 Å². The lowest BCUT2D eigenvalue weighted by Crippen LogP contribution is -2.56. The van der Waals surface area contributed by atoms with Gasteiger partial charge in [0.1, 0.15) is 0 Å². The molecule has 0 radical (unpaired) electrons. The van der Waals surface area contributed by atoms with Crippen LogP contribution in [0.25, 0.3) is 0 Å². The van der Waals surface area contributed by atoms with E-state index in [0.29, 0.717) is 26.4 Å². The zero-order chi connectivity index (χ0) is 26.9. The molecule has 2 aromatic carbocycles. The first-order chi connectivity index (χ1) is 17.7. The van der Waals surface area contributed by atoms with Crippen molar-refractivity contribution in [1.82, 2.24) is 4.31 Å². The van der Waals surface area contributed by atoms with Crippen LogP contribution in [-0.2, 0) is 35.0 Å². The minimum atomic E-state index is -3.76. The van der Waals surface area contributed by atoms with Crippen LogP contribution in [-0.4, -0.2) is 50.8 Å². The van der Waals surface area contributed by atoms with Gasteiger partial charge < -0.3 is 13.8 Å². The molecule has 37 heavy (non-hydrogen) atoms. The summed E-state index contributed by atoms with van der Waals surface area (Å²) >= 11 is 0. The van der Waals surface area contributed by atoms with Gasteiger partial charge in [-0.15, -0.1) is 0 Å². The van der Waals surface area contributed by atoms with Crippen LogP contribution in [0.3, 0.4) is 0 Å². The molecule has 0 aromatic heterocycles. The maximum Gasteiger partial charge on any atom is 0.334 e. The summed E-state index contributed by atoms with van der Waals surface area (Å²) in [7, 11) is -7.00. The van der Waals surface area contributed by atoms with Crippen molar-refractivity contribution >= 4 is 17.6 Å². The number of benzene rings is 2. The number of hydrogen-bond donors (Lipinski definition) is 0. The van der Waals surface area contributed by atoms with Crippen molar-refractivity contribution < 1.29 is 26.8 Å².